The predicted molar refractivity (Wildman–Crippen MR) is 141 cm³/mol. The van der Waals surface area contributed by atoms with E-state index in [0.29, 0.717) is 44.6 Å². The SMILES string of the molecule is Nc1c(-c2nc3ccccc3[nH]c2=O)[nH]c2ccc(C(=O)Nc3ccc(N4CCOCC4)cc3)cc12. The van der Waals surface area contributed by atoms with Gasteiger partial charge in [0.1, 0.15) is 0 Å². The lowest BCUT2D eigenvalue weighted by atomic mass is 10.1. The van der Waals surface area contributed by atoms with Crippen molar-refractivity contribution < 1.29 is 9.53 Å². The van der Waals surface area contributed by atoms with Crippen molar-refractivity contribution in [2.24, 2.45) is 0 Å². The summed E-state index contributed by atoms with van der Waals surface area (Å²) in [6.45, 7) is 3.14. The quantitative estimate of drug-likeness (QED) is 0.310. The summed E-state index contributed by atoms with van der Waals surface area (Å²) in [6, 6.07) is 20.3. The number of benzene rings is 3. The van der Waals surface area contributed by atoms with Gasteiger partial charge >= 0.3 is 0 Å². The second kappa shape index (κ2) is 8.86. The molecule has 180 valence electrons. The number of nitrogens with zero attached hydrogens (tertiary/aromatic N) is 2. The number of carbonyl (C=O) groups is 1. The molecule has 0 spiro atoms. The van der Waals surface area contributed by atoms with Crippen molar-refractivity contribution in [3.05, 3.63) is 82.6 Å². The zero-order chi connectivity index (χ0) is 24.6. The Morgan fingerprint density at radius 1 is 0.972 bits per heavy atom. The minimum absolute atomic E-state index is 0.203. The van der Waals surface area contributed by atoms with Gasteiger partial charge in [0.05, 0.1) is 35.6 Å². The third-order valence-corrected chi connectivity index (χ3v) is 6.44. The molecule has 0 saturated carbocycles. The van der Waals surface area contributed by atoms with Crippen LogP contribution in [0.15, 0.2) is 71.5 Å². The van der Waals surface area contributed by atoms with E-state index in [-0.39, 0.29) is 17.2 Å². The molecule has 0 aliphatic carbocycles. The van der Waals surface area contributed by atoms with Gasteiger partial charge < -0.3 is 30.7 Å². The summed E-state index contributed by atoms with van der Waals surface area (Å²) in [6.07, 6.45) is 0. The minimum Gasteiger partial charge on any atom is -0.396 e. The highest BCUT2D eigenvalue weighted by molar-refractivity contribution is 6.09. The van der Waals surface area contributed by atoms with Crippen molar-refractivity contribution in [2.75, 3.05) is 42.3 Å². The summed E-state index contributed by atoms with van der Waals surface area (Å²) in [5, 5.41) is 3.59. The molecule has 1 amide bonds. The Hall–Kier alpha value is -4.63. The molecule has 5 aromatic rings. The largest absolute Gasteiger partial charge is 0.396 e. The van der Waals surface area contributed by atoms with E-state index < -0.39 is 0 Å². The maximum absolute atomic E-state index is 13.0. The van der Waals surface area contributed by atoms with Crippen molar-refractivity contribution in [1.29, 1.82) is 0 Å². The normalized spacial score (nSPS) is 13.8. The van der Waals surface area contributed by atoms with Gasteiger partial charge in [-0.25, -0.2) is 4.98 Å². The summed E-state index contributed by atoms with van der Waals surface area (Å²) in [5.41, 5.74) is 11.3. The standard InChI is InChI=1S/C27H24N6O3/c28-23-19-15-16(26(34)29-17-6-8-18(9-7-17)33-11-13-36-14-12-33)5-10-20(19)30-24(23)25-27(35)32-22-4-2-1-3-21(22)31-25/h1-10,15,30H,11-14,28H2,(H,29,34)(H,32,35). The summed E-state index contributed by atoms with van der Waals surface area (Å²) in [5.74, 6) is -0.250. The van der Waals surface area contributed by atoms with Crippen LogP contribution < -0.4 is 21.5 Å². The average molecular weight is 481 g/mol. The highest BCUT2D eigenvalue weighted by Gasteiger charge is 2.18. The zero-order valence-corrected chi connectivity index (χ0v) is 19.4. The van der Waals surface area contributed by atoms with Crippen LogP contribution >= 0.6 is 0 Å². The van der Waals surface area contributed by atoms with E-state index in [9.17, 15) is 9.59 Å². The molecule has 0 radical (unpaired) electrons. The molecular formula is C27H24N6O3. The Morgan fingerprint density at radius 3 is 2.56 bits per heavy atom. The number of morpholine rings is 1. The van der Waals surface area contributed by atoms with E-state index in [4.69, 9.17) is 10.5 Å². The van der Waals surface area contributed by atoms with Crippen LogP contribution in [0.3, 0.4) is 0 Å². The number of nitrogen functional groups attached to an aromatic ring is 1. The molecule has 0 bridgehead atoms. The van der Waals surface area contributed by atoms with E-state index in [1.807, 2.05) is 42.5 Å². The Labute approximate surface area is 205 Å². The van der Waals surface area contributed by atoms with Crippen LogP contribution in [0, 0.1) is 0 Å². The molecule has 0 unspecified atom stereocenters. The molecule has 1 aliphatic rings. The van der Waals surface area contributed by atoms with Crippen molar-refractivity contribution in [3.63, 3.8) is 0 Å². The number of aromatic amines is 2. The van der Waals surface area contributed by atoms with Gasteiger partial charge in [-0.15, -0.1) is 0 Å². The van der Waals surface area contributed by atoms with Gasteiger partial charge in [-0.1, -0.05) is 12.1 Å². The first kappa shape index (κ1) is 21.9. The third-order valence-electron chi connectivity index (χ3n) is 6.44. The number of carbonyl (C=O) groups excluding carboxylic acids is 1. The monoisotopic (exact) mass is 480 g/mol. The first-order valence-electron chi connectivity index (χ1n) is 11.7. The summed E-state index contributed by atoms with van der Waals surface area (Å²) >= 11 is 0. The second-order valence-corrected chi connectivity index (χ2v) is 8.71. The molecule has 6 rings (SSSR count). The summed E-state index contributed by atoms with van der Waals surface area (Å²) < 4.78 is 5.40. The van der Waals surface area contributed by atoms with Crippen molar-refractivity contribution in [2.45, 2.75) is 0 Å². The van der Waals surface area contributed by atoms with Crippen LogP contribution in [0.4, 0.5) is 17.1 Å². The molecule has 3 heterocycles. The number of hydrogen-bond donors (Lipinski definition) is 4. The molecule has 2 aromatic heterocycles. The van der Waals surface area contributed by atoms with Gasteiger partial charge in [0.25, 0.3) is 11.5 Å². The summed E-state index contributed by atoms with van der Waals surface area (Å²) in [4.78, 5) is 38.5. The fraction of sp³-hybridized carbons (Fsp3) is 0.148. The minimum atomic E-state index is -0.342. The number of rotatable bonds is 4. The molecule has 3 aromatic carbocycles. The molecule has 1 aliphatic heterocycles. The number of nitrogens with one attached hydrogen (secondary N) is 3. The zero-order valence-electron chi connectivity index (χ0n) is 19.4. The van der Waals surface area contributed by atoms with Crippen LogP contribution in [0.5, 0.6) is 0 Å². The lowest BCUT2D eigenvalue weighted by molar-refractivity contribution is 0.102. The number of amides is 1. The maximum atomic E-state index is 13.0. The van der Waals surface area contributed by atoms with Crippen LogP contribution in [-0.2, 0) is 4.74 Å². The second-order valence-electron chi connectivity index (χ2n) is 8.71. The lowest BCUT2D eigenvalue weighted by Gasteiger charge is -2.28. The first-order valence-corrected chi connectivity index (χ1v) is 11.7. The Kier molecular flexibility index (Phi) is 5.38. The lowest BCUT2D eigenvalue weighted by Crippen LogP contribution is -2.36. The number of fused-ring (bicyclic) bond motifs is 2. The molecule has 5 N–H and O–H groups in total. The number of anilines is 3. The van der Waals surface area contributed by atoms with Crippen molar-refractivity contribution >= 4 is 44.9 Å². The average Bonchev–Trinajstić information content (AvgIpc) is 3.24. The topological polar surface area (TPSA) is 129 Å². The maximum Gasteiger partial charge on any atom is 0.276 e. The molecule has 1 fully saturated rings. The molecule has 0 atom stereocenters. The van der Waals surface area contributed by atoms with Gasteiger partial charge in [0.15, 0.2) is 5.69 Å². The van der Waals surface area contributed by atoms with E-state index in [1.165, 1.54) is 0 Å². The molecule has 9 heteroatoms. The number of ether oxygens (including phenoxy) is 1. The Balaban J connectivity index is 1.27. The number of hydrogen-bond acceptors (Lipinski definition) is 6. The van der Waals surface area contributed by atoms with Gasteiger partial charge in [-0.3, -0.25) is 9.59 Å². The van der Waals surface area contributed by atoms with Crippen LogP contribution in [0.2, 0.25) is 0 Å². The Morgan fingerprint density at radius 2 is 1.75 bits per heavy atom. The molecule has 36 heavy (non-hydrogen) atoms. The van der Waals surface area contributed by atoms with Crippen molar-refractivity contribution in [1.82, 2.24) is 15.0 Å². The Bertz CT molecular complexity index is 1650. The fourth-order valence-electron chi connectivity index (χ4n) is 4.52. The van der Waals surface area contributed by atoms with Gasteiger partial charge in [0, 0.05) is 40.9 Å². The van der Waals surface area contributed by atoms with Gasteiger partial charge in [0.2, 0.25) is 0 Å². The number of H-pyrrole nitrogens is 2. The van der Waals surface area contributed by atoms with E-state index in [1.54, 1.807) is 24.3 Å². The van der Waals surface area contributed by atoms with E-state index in [2.05, 4.69) is 25.2 Å². The van der Waals surface area contributed by atoms with Gasteiger partial charge in [-0.2, -0.15) is 0 Å². The predicted octanol–water partition coefficient (Wildman–Crippen LogP) is 3.74. The van der Waals surface area contributed by atoms with Gasteiger partial charge in [-0.05, 0) is 54.6 Å². The van der Waals surface area contributed by atoms with Crippen LogP contribution in [-0.4, -0.2) is 47.2 Å². The van der Waals surface area contributed by atoms with E-state index >= 15 is 0 Å². The van der Waals surface area contributed by atoms with Crippen LogP contribution in [0.25, 0.3) is 33.3 Å². The highest BCUT2D eigenvalue weighted by Crippen LogP contribution is 2.31. The fourth-order valence-corrected chi connectivity index (χ4v) is 4.52. The molecule has 1 saturated heterocycles. The third kappa shape index (κ3) is 3.95. The van der Waals surface area contributed by atoms with Crippen LogP contribution in [0.1, 0.15) is 10.4 Å². The first-order chi connectivity index (χ1) is 17.6. The summed E-state index contributed by atoms with van der Waals surface area (Å²) in [7, 11) is 0. The number of para-hydroxylation sites is 2. The van der Waals surface area contributed by atoms with E-state index in [0.717, 1.165) is 32.0 Å². The van der Waals surface area contributed by atoms with Crippen molar-refractivity contribution in [3.8, 4) is 11.4 Å². The smallest absolute Gasteiger partial charge is 0.276 e. The molecule has 9 nitrogen and oxygen atoms in total. The highest BCUT2D eigenvalue weighted by atomic mass is 16.5. The molecular weight excluding hydrogens is 456 g/mol. The number of aromatic nitrogens is 3. The number of nitrogens with two attached hydrogens (primary N) is 1.